The molecule has 1 N–H and O–H groups in total. The fraction of sp³-hybridized carbons (Fsp3) is 0.323. The van der Waals surface area contributed by atoms with E-state index in [1.807, 2.05) is 164 Å². The van der Waals surface area contributed by atoms with Crippen molar-refractivity contribution in [3.05, 3.63) is 240 Å². The Kier molecular flexibility index (Phi) is 19.3. The lowest BCUT2D eigenvalue weighted by Gasteiger charge is -2.47. The summed E-state index contributed by atoms with van der Waals surface area (Å²) in [6.45, 7) is 8.07. The molecule has 7 aromatic rings. The van der Waals surface area contributed by atoms with Crippen LogP contribution in [0.1, 0.15) is 48.6 Å². The summed E-state index contributed by atoms with van der Waals surface area (Å²) >= 11 is 0. The average molecular weight is 1040 g/mol. The van der Waals surface area contributed by atoms with Gasteiger partial charge in [0, 0.05) is 7.11 Å². The monoisotopic (exact) mass is 1040 g/mol. The first-order valence-corrected chi connectivity index (χ1v) is 28.2. The van der Waals surface area contributed by atoms with E-state index < -0.39 is 69.5 Å². The number of hydrogen-bond donors (Lipinski definition) is 1. The zero-order chi connectivity index (χ0) is 52.6. The third kappa shape index (κ3) is 13.7. The van der Waals surface area contributed by atoms with E-state index in [0.717, 1.165) is 38.2 Å². The van der Waals surface area contributed by atoms with Gasteiger partial charge in [-0.05, 0) is 43.2 Å². The molecule has 0 radical (unpaired) electrons. The van der Waals surface area contributed by atoms with Crippen molar-refractivity contribution >= 4 is 18.7 Å². The van der Waals surface area contributed by atoms with Crippen LogP contribution in [0.5, 0.6) is 0 Å². The number of aliphatic hydroxyl groups is 1. The van der Waals surface area contributed by atoms with Crippen molar-refractivity contribution in [2.24, 2.45) is 0 Å². The second-order valence-corrected chi connectivity index (χ2v) is 24.6. The first kappa shape index (κ1) is 54.7. The first-order valence-electron chi connectivity index (χ1n) is 26.3. The van der Waals surface area contributed by atoms with Gasteiger partial charge in [-0.15, -0.1) is 0 Å². The molecule has 9 rings (SSSR count). The molecule has 10 nitrogen and oxygen atoms in total. The largest absolute Gasteiger partial charge is 0.405 e. The van der Waals surface area contributed by atoms with Gasteiger partial charge in [0.05, 0.1) is 39.6 Å². The van der Waals surface area contributed by atoms with Crippen molar-refractivity contribution in [2.45, 2.75) is 120 Å². The molecule has 0 aliphatic carbocycles. The number of rotatable bonds is 21. The minimum atomic E-state index is -3.11. The third-order valence-corrected chi connectivity index (χ3v) is 19.1. The molecular weight excluding hydrogens is 969 g/mol. The van der Waals surface area contributed by atoms with Crippen molar-refractivity contribution in [3.8, 4) is 11.8 Å². The van der Waals surface area contributed by atoms with E-state index >= 15 is 0 Å². The van der Waals surface area contributed by atoms with Gasteiger partial charge in [0.25, 0.3) is 8.32 Å². The van der Waals surface area contributed by atoms with E-state index in [1.54, 1.807) is 7.11 Å². The maximum Gasteiger partial charge on any atom is 0.261 e. The predicted octanol–water partition coefficient (Wildman–Crippen LogP) is 9.99. The Morgan fingerprint density at radius 1 is 0.421 bits per heavy atom. The molecular formula is C65H70O10Si. The zero-order valence-corrected chi connectivity index (χ0v) is 44.8. The molecule has 0 spiro atoms. The van der Waals surface area contributed by atoms with E-state index in [-0.39, 0.29) is 44.7 Å². The number of methoxy groups -OCH3 is 1. The normalized spacial score (nSPS) is 23.8. The van der Waals surface area contributed by atoms with E-state index in [0.29, 0.717) is 0 Å². The second-order valence-electron chi connectivity index (χ2n) is 20.3. The summed E-state index contributed by atoms with van der Waals surface area (Å²) in [6.07, 6.45) is -8.96. The van der Waals surface area contributed by atoms with E-state index in [2.05, 4.69) is 81.1 Å². The lowest BCUT2D eigenvalue weighted by Crippen LogP contribution is -2.68. The fourth-order valence-corrected chi connectivity index (χ4v) is 14.8. The number of ether oxygens (including phenoxy) is 8. The summed E-state index contributed by atoms with van der Waals surface area (Å²) in [4.78, 5) is 0. The van der Waals surface area contributed by atoms with Crippen LogP contribution in [0.25, 0.3) is 0 Å². The van der Waals surface area contributed by atoms with Crippen LogP contribution >= 0.6 is 0 Å². The highest BCUT2D eigenvalue weighted by Gasteiger charge is 2.53. The summed E-state index contributed by atoms with van der Waals surface area (Å²) in [5, 5.41) is 14.6. The van der Waals surface area contributed by atoms with E-state index in [1.165, 1.54) is 0 Å². The van der Waals surface area contributed by atoms with Gasteiger partial charge >= 0.3 is 0 Å². The number of hydrogen-bond acceptors (Lipinski definition) is 10. The van der Waals surface area contributed by atoms with Crippen LogP contribution in [0.2, 0.25) is 5.04 Å². The lowest BCUT2D eigenvalue weighted by atomic mass is 9.93. The van der Waals surface area contributed by atoms with Crippen LogP contribution in [0.4, 0.5) is 0 Å². The fourth-order valence-electron chi connectivity index (χ4n) is 10.2. The molecule has 10 atom stereocenters. The predicted molar refractivity (Wildman–Crippen MR) is 297 cm³/mol. The Labute approximate surface area is 449 Å². The van der Waals surface area contributed by atoms with Crippen molar-refractivity contribution in [3.63, 3.8) is 0 Å². The third-order valence-electron chi connectivity index (χ3n) is 14.1. The average Bonchev–Trinajstić information content (AvgIpc) is 3.53. The summed E-state index contributed by atoms with van der Waals surface area (Å²) < 4.78 is 61.8. The molecule has 0 saturated carbocycles. The molecule has 11 heteroatoms. The van der Waals surface area contributed by atoms with Gasteiger partial charge in [0.15, 0.2) is 6.29 Å². The van der Waals surface area contributed by atoms with Gasteiger partial charge in [-0.1, -0.05) is 245 Å². The van der Waals surface area contributed by atoms with E-state index in [4.69, 9.17) is 42.3 Å². The SMILES string of the molecule is CO[C@H]1O[C@H](C#C[C@H]2O[C@H](CO[Si](c3ccccc3)(c3ccccc3)C(C)(C)C)[C@@H](OCc3ccccc3)[C@H](OCc3ccccc3)[C@H]2O)[C@@H](OCc2ccccc2)[C@H](OCc2ccccc2)[C@H]1OCc1ccccc1. The van der Waals surface area contributed by atoms with Crippen LogP contribution in [0.15, 0.2) is 212 Å². The molecule has 0 unspecified atom stereocenters. The Balaban J connectivity index is 1.10. The molecule has 394 valence electrons. The minimum absolute atomic E-state index is 0.104. The molecule has 2 fully saturated rings. The van der Waals surface area contributed by atoms with Crippen molar-refractivity contribution in [1.29, 1.82) is 0 Å². The van der Waals surface area contributed by atoms with Crippen molar-refractivity contribution in [1.82, 2.24) is 0 Å². The lowest BCUT2D eigenvalue weighted by molar-refractivity contribution is -0.307. The highest BCUT2D eigenvalue weighted by Crippen LogP contribution is 2.38. The molecule has 7 aromatic carbocycles. The Morgan fingerprint density at radius 3 is 1.16 bits per heavy atom. The van der Waals surface area contributed by atoms with Crippen LogP contribution in [0.3, 0.4) is 0 Å². The molecule has 2 aliphatic heterocycles. The molecule has 2 aliphatic rings. The molecule has 2 heterocycles. The van der Waals surface area contributed by atoms with Gasteiger partial charge in [-0.2, -0.15) is 0 Å². The van der Waals surface area contributed by atoms with Gasteiger partial charge in [0.1, 0.15) is 54.9 Å². The number of benzene rings is 7. The van der Waals surface area contributed by atoms with Crippen molar-refractivity contribution in [2.75, 3.05) is 13.7 Å². The molecule has 0 bridgehead atoms. The highest BCUT2D eigenvalue weighted by atomic mass is 28.4. The summed E-state index contributed by atoms with van der Waals surface area (Å²) in [6, 6.07) is 70.8. The minimum Gasteiger partial charge on any atom is -0.405 e. The number of aliphatic hydroxyl groups excluding tert-OH is 1. The first-order chi connectivity index (χ1) is 37.2. The second kappa shape index (κ2) is 26.8. The van der Waals surface area contributed by atoms with Crippen LogP contribution < -0.4 is 10.4 Å². The Bertz CT molecular complexity index is 2790. The highest BCUT2D eigenvalue weighted by molar-refractivity contribution is 6.99. The standard InChI is InChI=1S/C65H70O10Si/c1-65(2,3)76(53-36-22-10-23-37-53,54-38-24-11-25-39-54)73-47-57-60(69-43-49-28-14-6-15-29-49)61(70-44-50-30-16-7-17-31-50)58(66)55(74-57)40-41-56-59(68-42-48-26-12-5-13-27-48)62(71-45-51-32-18-8-19-33-51)63(64(67-4)75-56)72-46-52-34-20-9-21-35-52/h5-39,55-64,66H,42-47H2,1-4H3/t55-,56-,57-,58+,59-,60-,61-,62+,63-,64+/m1/s1. The summed E-state index contributed by atoms with van der Waals surface area (Å²) in [7, 11) is -1.53. The van der Waals surface area contributed by atoms with E-state index in [9.17, 15) is 5.11 Å². The van der Waals surface area contributed by atoms with Crippen LogP contribution in [-0.4, -0.2) is 88.4 Å². The van der Waals surface area contributed by atoms with Crippen LogP contribution in [-0.2, 0) is 75.4 Å². The molecule has 0 amide bonds. The Hall–Kier alpha value is -6.08. The van der Waals surface area contributed by atoms with Gasteiger partial charge in [0.2, 0.25) is 0 Å². The Morgan fingerprint density at radius 2 is 0.763 bits per heavy atom. The molecule has 76 heavy (non-hydrogen) atoms. The van der Waals surface area contributed by atoms with Crippen LogP contribution in [0, 0.1) is 11.8 Å². The maximum atomic E-state index is 12.7. The zero-order valence-electron chi connectivity index (χ0n) is 43.8. The van der Waals surface area contributed by atoms with Gasteiger partial charge in [-0.3, -0.25) is 0 Å². The van der Waals surface area contributed by atoms with Gasteiger partial charge in [-0.25, -0.2) is 0 Å². The van der Waals surface area contributed by atoms with Crippen molar-refractivity contribution < 1.29 is 47.4 Å². The topological polar surface area (TPSA) is 103 Å². The van der Waals surface area contributed by atoms with Gasteiger partial charge < -0.3 is 47.4 Å². The quantitative estimate of drug-likeness (QED) is 0.0553. The summed E-state index contributed by atoms with van der Waals surface area (Å²) in [5.74, 6) is 6.77. The smallest absolute Gasteiger partial charge is 0.261 e. The summed E-state index contributed by atoms with van der Waals surface area (Å²) in [5.41, 5.74) is 4.82. The molecule has 0 aromatic heterocycles. The molecule has 2 saturated heterocycles. The maximum absolute atomic E-state index is 12.7.